The zero-order valence-corrected chi connectivity index (χ0v) is 7.52. The zero-order valence-electron chi connectivity index (χ0n) is 5.93. The molecule has 0 aliphatic heterocycles. The molecule has 0 aromatic heterocycles. The highest BCUT2D eigenvalue weighted by Gasteiger charge is 1.97. The van der Waals surface area contributed by atoms with Crippen LogP contribution in [0.1, 0.15) is 19.3 Å². The van der Waals surface area contributed by atoms with Crippen LogP contribution in [0.5, 0.6) is 0 Å². The Morgan fingerprint density at radius 1 is 1.50 bits per heavy atom. The first-order valence-electron chi connectivity index (χ1n) is 3.11. The number of carbonyl (C=O) groups is 1. The van der Waals surface area contributed by atoms with Crippen LogP contribution in [0.4, 0.5) is 0 Å². The Labute approximate surface area is 69.1 Å². The van der Waals surface area contributed by atoms with Crippen LogP contribution in [0, 0.1) is 0 Å². The quantitative estimate of drug-likeness (QED) is 0.512. The van der Waals surface area contributed by atoms with Gasteiger partial charge in [-0.3, -0.25) is 4.79 Å². The molecule has 0 radical (unpaired) electrons. The van der Waals surface area contributed by atoms with Crippen LogP contribution in [-0.4, -0.2) is 19.7 Å². The van der Waals surface area contributed by atoms with Gasteiger partial charge in [-0.2, -0.15) is 0 Å². The molecule has 0 heterocycles. The lowest BCUT2D eigenvalue weighted by Crippen LogP contribution is -1.99. The van der Waals surface area contributed by atoms with Crippen molar-refractivity contribution in [2.45, 2.75) is 19.3 Å². The van der Waals surface area contributed by atoms with Crippen LogP contribution in [0.2, 0.25) is 0 Å². The van der Waals surface area contributed by atoms with E-state index in [4.69, 9.17) is 0 Å². The molecular formula is C6H11BrO3. The predicted molar refractivity (Wildman–Crippen MR) is 40.7 cm³/mol. The van der Waals surface area contributed by atoms with Crippen LogP contribution in [-0.2, 0) is 13.4 Å². The summed E-state index contributed by atoms with van der Waals surface area (Å²) in [5, 5.41) is 0. The van der Waals surface area contributed by atoms with Crippen molar-refractivity contribution in [3.8, 4) is 0 Å². The first-order chi connectivity index (χ1) is 4.81. The molecule has 0 amide bonds. The molecule has 0 aliphatic rings. The average molecular weight is 211 g/mol. The molecule has 0 unspecified atom stereocenters. The van der Waals surface area contributed by atoms with Gasteiger partial charge in [-0.25, -0.2) is 0 Å². The number of hydrogen-bond donors (Lipinski definition) is 0. The highest BCUT2D eigenvalue weighted by molar-refractivity contribution is 9.06. The molecule has 0 atom stereocenters. The van der Waals surface area contributed by atoms with Crippen LogP contribution >= 0.6 is 16.3 Å². The second-order valence-electron chi connectivity index (χ2n) is 1.85. The van der Waals surface area contributed by atoms with E-state index in [9.17, 15) is 4.79 Å². The molecular weight excluding hydrogens is 200 g/mol. The first kappa shape index (κ1) is 9.91. The molecule has 0 aliphatic carbocycles. The lowest BCUT2D eigenvalue weighted by atomic mass is 10.2. The Morgan fingerprint density at radius 2 is 2.20 bits per heavy atom. The molecule has 0 rings (SSSR count). The molecule has 4 heteroatoms. The Hall–Kier alpha value is -0.0900. The van der Waals surface area contributed by atoms with E-state index < -0.39 is 0 Å². The van der Waals surface area contributed by atoms with Crippen molar-refractivity contribution in [2.75, 3.05) is 13.7 Å². The van der Waals surface area contributed by atoms with Gasteiger partial charge >= 0.3 is 5.97 Å². The van der Waals surface area contributed by atoms with Crippen LogP contribution < -0.4 is 0 Å². The largest absolute Gasteiger partial charge is 0.469 e. The highest BCUT2D eigenvalue weighted by atomic mass is 79.9. The summed E-state index contributed by atoms with van der Waals surface area (Å²) in [5.41, 5.74) is 0. The van der Waals surface area contributed by atoms with Gasteiger partial charge in [0.1, 0.15) is 0 Å². The summed E-state index contributed by atoms with van der Waals surface area (Å²) in [7, 11) is 1.39. The van der Waals surface area contributed by atoms with Crippen molar-refractivity contribution in [1.82, 2.24) is 0 Å². The maximum absolute atomic E-state index is 10.5. The van der Waals surface area contributed by atoms with E-state index in [1.807, 2.05) is 0 Å². The normalized spacial score (nSPS) is 9.40. The van der Waals surface area contributed by atoms with E-state index in [0.29, 0.717) is 13.0 Å². The minimum absolute atomic E-state index is 0.158. The topological polar surface area (TPSA) is 35.5 Å². The molecule has 0 bridgehead atoms. The summed E-state index contributed by atoms with van der Waals surface area (Å²) < 4.78 is 9.06. The average Bonchev–Trinajstić information content (AvgIpc) is 1.98. The number of ether oxygens (including phenoxy) is 1. The van der Waals surface area contributed by atoms with Gasteiger partial charge in [-0.15, -0.1) is 0 Å². The molecule has 0 aromatic rings. The van der Waals surface area contributed by atoms with Gasteiger partial charge < -0.3 is 8.57 Å². The number of carbonyl (C=O) groups excluding carboxylic acids is 1. The summed E-state index contributed by atoms with van der Waals surface area (Å²) >= 11 is 2.82. The highest BCUT2D eigenvalue weighted by Crippen LogP contribution is 1.98. The Morgan fingerprint density at radius 3 is 2.70 bits per heavy atom. The van der Waals surface area contributed by atoms with Crippen molar-refractivity contribution >= 4 is 22.2 Å². The maximum atomic E-state index is 10.5. The maximum Gasteiger partial charge on any atom is 0.305 e. The third kappa shape index (κ3) is 6.04. The minimum Gasteiger partial charge on any atom is -0.469 e. The standard InChI is InChI=1S/C6H11BrO3/c1-9-6(8)4-2-3-5-10-7/h2-5H2,1H3. The molecule has 0 saturated carbocycles. The first-order valence-corrected chi connectivity index (χ1v) is 3.76. The number of unbranched alkanes of at least 4 members (excludes halogenated alkanes) is 1. The predicted octanol–water partition coefficient (Wildman–Crippen LogP) is 1.66. The van der Waals surface area contributed by atoms with Crippen LogP contribution in [0.3, 0.4) is 0 Å². The van der Waals surface area contributed by atoms with Gasteiger partial charge in [0.2, 0.25) is 0 Å². The van der Waals surface area contributed by atoms with Gasteiger partial charge in [0.05, 0.1) is 30.0 Å². The molecule has 3 nitrogen and oxygen atoms in total. The summed E-state index contributed by atoms with van der Waals surface area (Å²) in [6, 6.07) is 0. The number of methoxy groups -OCH3 is 1. The van der Waals surface area contributed by atoms with E-state index >= 15 is 0 Å². The van der Waals surface area contributed by atoms with E-state index in [0.717, 1.165) is 12.8 Å². The fraction of sp³-hybridized carbons (Fsp3) is 0.833. The third-order valence-corrected chi connectivity index (χ3v) is 1.40. The number of hydrogen-bond acceptors (Lipinski definition) is 3. The van der Waals surface area contributed by atoms with Gasteiger partial charge in [-0.05, 0) is 12.8 Å². The van der Waals surface area contributed by atoms with Crippen molar-refractivity contribution in [2.24, 2.45) is 0 Å². The van der Waals surface area contributed by atoms with Crippen molar-refractivity contribution < 1.29 is 13.4 Å². The summed E-state index contributed by atoms with van der Waals surface area (Å²) in [4.78, 5) is 10.5. The third-order valence-electron chi connectivity index (χ3n) is 1.08. The van der Waals surface area contributed by atoms with E-state index in [-0.39, 0.29) is 5.97 Å². The number of rotatable bonds is 5. The second-order valence-corrected chi connectivity index (χ2v) is 2.30. The molecule has 10 heavy (non-hydrogen) atoms. The van der Waals surface area contributed by atoms with Gasteiger partial charge in [0, 0.05) is 6.42 Å². The van der Waals surface area contributed by atoms with Gasteiger partial charge in [0.15, 0.2) is 0 Å². The van der Waals surface area contributed by atoms with Crippen molar-refractivity contribution in [1.29, 1.82) is 0 Å². The Balaban J connectivity index is 2.96. The monoisotopic (exact) mass is 210 g/mol. The smallest absolute Gasteiger partial charge is 0.305 e. The SMILES string of the molecule is COC(=O)CCCCOBr. The van der Waals surface area contributed by atoms with Crippen LogP contribution in [0.15, 0.2) is 0 Å². The van der Waals surface area contributed by atoms with Gasteiger partial charge in [0.25, 0.3) is 0 Å². The molecule has 0 fully saturated rings. The summed E-state index contributed by atoms with van der Waals surface area (Å²) in [6.07, 6.45) is 2.17. The fourth-order valence-corrected chi connectivity index (χ4v) is 0.757. The van der Waals surface area contributed by atoms with Crippen molar-refractivity contribution in [3.63, 3.8) is 0 Å². The number of halogens is 1. The molecule has 0 saturated heterocycles. The fourth-order valence-electron chi connectivity index (χ4n) is 0.528. The van der Waals surface area contributed by atoms with E-state index in [1.165, 1.54) is 7.11 Å². The number of esters is 1. The zero-order chi connectivity index (χ0) is 7.82. The van der Waals surface area contributed by atoms with Gasteiger partial charge in [-0.1, -0.05) is 0 Å². The second kappa shape index (κ2) is 7.02. The Bertz CT molecular complexity index is 95.0. The Kier molecular flexibility index (Phi) is 6.96. The van der Waals surface area contributed by atoms with Crippen LogP contribution in [0.25, 0.3) is 0 Å². The molecule has 0 spiro atoms. The molecule has 60 valence electrons. The lowest BCUT2D eigenvalue weighted by molar-refractivity contribution is -0.140. The molecule has 0 N–H and O–H groups in total. The van der Waals surface area contributed by atoms with Crippen molar-refractivity contribution in [3.05, 3.63) is 0 Å². The summed E-state index contributed by atoms with van der Waals surface area (Å²) in [5.74, 6) is -0.158. The summed E-state index contributed by atoms with van der Waals surface area (Å²) in [6.45, 7) is 0.636. The van der Waals surface area contributed by atoms with E-state index in [1.54, 1.807) is 0 Å². The lowest BCUT2D eigenvalue weighted by Gasteiger charge is -1.96. The molecule has 0 aromatic carbocycles. The van der Waals surface area contributed by atoms with E-state index in [2.05, 4.69) is 24.8 Å². The minimum atomic E-state index is -0.158.